The van der Waals surface area contributed by atoms with Crippen LogP contribution >= 0.6 is 0 Å². The zero-order valence-electron chi connectivity index (χ0n) is 12.2. The summed E-state index contributed by atoms with van der Waals surface area (Å²) >= 11 is 0. The fourth-order valence-corrected chi connectivity index (χ4v) is 2.23. The molecule has 0 bridgehead atoms. The highest BCUT2D eigenvalue weighted by Crippen LogP contribution is 2.33. The number of ketones is 1. The van der Waals surface area contributed by atoms with Crippen LogP contribution in [-0.4, -0.2) is 18.9 Å². The van der Waals surface area contributed by atoms with Gasteiger partial charge in [0.2, 0.25) is 0 Å². The van der Waals surface area contributed by atoms with E-state index in [0.717, 1.165) is 19.3 Å². The molecule has 1 aromatic carbocycles. The molecule has 0 fully saturated rings. The van der Waals surface area contributed by atoms with Crippen LogP contribution in [0.2, 0.25) is 0 Å². The molecule has 19 heavy (non-hydrogen) atoms. The molecule has 0 saturated carbocycles. The van der Waals surface area contributed by atoms with Crippen molar-refractivity contribution in [3.05, 3.63) is 29.8 Å². The van der Waals surface area contributed by atoms with Gasteiger partial charge in [0.1, 0.15) is 5.75 Å². The Labute approximate surface area is 116 Å². The second-order valence-corrected chi connectivity index (χ2v) is 4.87. The van der Waals surface area contributed by atoms with Gasteiger partial charge in [0, 0.05) is 12.0 Å². The molecule has 0 heterocycles. The Morgan fingerprint density at radius 2 is 1.84 bits per heavy atom. The van der Waals surface area contributed by atoms with Crippen LogP contribution in [0.5, 0.6) is 5.75 Å². The molecule has 3 nitrogen and oxygen atoms in total. The van der Waals surface area contributed by atoms with Crippen molar-refractivity contribution in [2.24, 2.45) is 11.1 Å². The van der Waals surface area contributed by atoms with E-state index in [4.69, 9.17) is 10.5 Å². The summed E-state index contributed by atoms with van der Waals surface area (Å²) in [6, 6.07) is 7.46. The fourth-order valence-electron chi connectivity index (χ4n) is 2.23. The van der Waals surface area contributed by atoms with Gasteiger partial charge in [-0.15, -0.1) is 0 Å². The van der Waals surface area contributed by atoms with Gasteiger partial charge in [-0.05, 0) is 31.4 Å². The number of rotatable bonds is 8. The highest BCUT2D eigenvalue weighted by Gasteiger charge is 2.35. The van der Waals surface area contributed by atoms with Gasteiger partial charge in [-0.2, -0.15) is 0 Å². The zero-order chi connectivity index (χ0) is 14.3. The van der Waals surface area contributed by atoms with Crippen LogP contribution in [0.15, 0.2) is 24.3 Å². The molecular weight excluding hydrogens is 238 g/mol. The fraction of sp³-hybridized carbons (Fsp3) is 0.562. The molecule has 0 radical (unpaired) electrons. The first-order valence-electron chi connectivity index (χ1n) is 7.11. The summed E-state index contributed by atoms with van der Waals surface area (Å²) in [4.78, 5) is 12.8. The van der Waals surface area contributed by atoms with Crippen molar-refractivity contribution >= 4 is 5.78 Å². The quantitative estimate of drug-likeness (QED) is 0.731. The van der Waals surface area contributed by atoms with E-state index in [-0.39, 0.29) is 5.78 Å². The minimum Gasteiger partial charge on any atom is -0.493 e. The van der Waals surface area contributed by atoms with E-state index in [0.29, 0.717) is 24.5 Å². The van der Waals surface area contributed by atoms with Crippen LogP contribution in [0.4, 0.5) is 0 Å². The highest BCUT2D eigenvalue weighted by molar-refractivity contribution is 6.02. The largest absolute Gasteiger partial charge is 0.493 e. The molecule has 0 unspecified atom stereocenters. The third-order valence-corrected chi connectivity index (χ3v) is 3.82. The average molecular weight is 263 g/mol. The number of hydrogen-bond donors (Lipinski definition) is 1. The van der Waals surface area contributed by atoms with Gasteiger partial charge in [-0.3, -0.25) is 4.79 Å². The standard InChI is InChI=1S/C16H25NO2/c1-4-11-19-14-10-8-7-9-13(14)15(18)16(5-2,6-3)12-17/h7-10H,4-6,11-12,17H2,1-3H3. The molecule has 106 valence electrons. The molecule has 0 aliphatic carbocycles. The molecule has 0 atom stereocenters. The van der Waals surface area contributed by atoms with Gasteiger partial charge in [0.25, 0.3) is 0 Å². The number of Topliss-reactive ketones (excluding diaryl/α,β-unsaturated/α-hetero) is 1. The van der Waals surface area contributed by atoms with E-state index in [2.05, 4.69) is 0 Å². The van der Waals surface area contributed by atoms with Crippen LogP contribution < -0.4 is 10.5 Å². The SMILES string of the molecule is CCCOc1ccccc1C(=O)C(CC)(CC)CN. The smallest absolute Gasteiger partial charge is 0.173 e. The van der Waals surface area contributed by atoms with E-state index in [1.54, 1.807) is 0 Å². The van der Waals surface area contributed by atoms with Gasteiger partial charge >= 0.3 is 0 Å². The number of carbonyl (C=O) groups excluding carboxylic acids is 1. The van der Waals surface area contributed by atoms with E-state index in [1.165, 1.54) is 0 Å². The van der Waals surface area contributed by atoms with Crippen molar-refractivity contribution in [1.82, 2.24) is 0 Å². The number of nitrogens with two attached hydrogens (primary N) is 1. The van der Waals surface area contributed by atoms with Gasteiger partial charge < -0.3 is 10.5 Å². The molecule has 0 saturated heterocycles. The summed E-state index contributed by atoms with van der Waals surface area (Å²) in [6.45, 7) is 7.08. The Morgan fingerprint density at radius 1 is 1.21 bits per heavy atom. The van der Waals surface area contributed by atoms with Gasteiger partial charge in [0.05, 0.1) is 12.2 Å². The predicted molar refractivity (Wildman–Crippen MR) is 78.6 cm³/mol. The second-order valence-electron chi connectivity index (χ2n) is 4.87. The number of hydrogen-bond acceptors (Lipinski definition) is 3. The zero-order valence-corrected chi connectivity index (χ0v) is 12.2. The first-order chi connectivity index (χ1) is 9.15. The maximum Gasteiger partial charge on any atom is 0.173 e. The molecule has 2 N–H and O–H groups in total. The lowest BCUT2D eigenvalue weighted by atomic mass is 9.75. The van der Waals surface area contributed by atoms with E-state index >= 15 is 0 Å². The first kappa shape index (κ1) is 15.7. The Kier molecular flexibility index (Phi) is 6.03. The summed E-state index contributed by atoms with van der Waals surface area (Å²) < 4.78 is 5.67. The molecule has 1 rings (SSSR count). The van der Waals surface area contributed by atoms with Crippen molar-refractivity contribution in [2.75, 3.05) is 13.2 Å². The van der Waals surface area contributed by atoms with Crippen LogP contribution in [0, 0.1) is 5.41 Å². The maximum absolute atomic E-state index is 12.8. The van der Waals surface area contributed by atoms with Gasteiger partial charge in [-0.1, -0.05) is 32.9 Å². The Hall–Kier alpha value is -1.35. The highest BCUT2D eigenvalue weighted by atomic mass is 16.5. The first-order valence-corrected chi connectivity index (χ1v) is 7.11. The summed E-state index contributed by atoms with van der Waals surface area (Å²) in [5, 5.41) is 0. The van der Waals surface area contributed by atoms with Crippen LogP contribution in [0.3, 0.4) is 0 Å². The normalized spacial score (nSPS) is 11.4. The number of ether oxygens (including phenoxy) is 1. The lowest BCUT2D eigenvalue weighted by Gasteiger charge is -2.29. The number of benzene rings is 1. The van der Waals surface area contributed by atoms with Crippen molar-refractivity contribution in [3.8, 4) is 5.75 Å². The summed E-state index contributed by atoms with van der Waals surface area (Å²) in [7, 11) is 0. The number of para-hydroxylation sites is 1. The second kappa shape index (κ2) is 7.29. The van der Waals surface area contributed by atoms with Gasteiger partial charge in [0.15, 0.2) is 5.78 Å². The van der Waals surface area contributed by atoms with Crippen LogP contribution in [0.1, 0.15) is 50.4 Å². The lowest BCUT2D eigenvalue weighted by molar-refractivity contribution is 0.0783. The Bertz CT molecular complexity index is 403. The summed E-state index contributed by atoms with van der Waals surface area (Å²) in [5.41, 5.74) is 6.05. The minimum absolute atomic E-state index is 0.103. The molecular formula is C16H25NO2. The van der Waals surface area contributed by atoms with Crippen molar-refractivity contribution in [2.45, 2.75) is 40.0 Å². The monoisotopic (exact) mass is 263 g/mol. The topological polar surface area (TPSA) is 52.3 Å². The maximum atomic E-state index is 12.8. The Balaban J connectivity index is 3.10. The predicted octanol–water partition coefficient (Wildman–Crippen LogP) is 3.42. The number of carbonyl (C=O) groups is 1. The van der Waals surface area contributed by atoms with E-state index < -0.39 is 5.41 Å². The molecule has 3 heteroatoms. The summed E-state index contributed by atoms with van der Waals surface area (Å²) in [5.74, 6) is 0.778. The molecule has 0 spiro atoms. The lowest BCUT2D eigenvalue weighted by Crippen LogP contribution is -2.37. The van der Waals surface area contributed by atoms with Crippen molar-refractivity contribution in [3.63, 3.8) is 0 Å². The van der Waals surface area contributed by atoms with Crippen LogP contribution in [-0.2, 0) is 0 Å². The van der Waals surface area contributed by atoms with Gasteiger partial charge in [-0.25, -0.2) is 0 Å². The summed E-state index contributed by atoms with van der Waals surface area (Å²) in [6.07, 6.45) is 2.42. The third kappa shape index (κ3) is 3.35. The molecule has 1 aromatic rings. The molecule has 0 aliphatic rings. The molecule has 0 amide bonds. The Morgan fingerprint density at radius 3 is 2.37 bits per heavy atom. The van der Waals surface area contributed by atoms with Crippen molar-refractivity contribution in [1.29, 1.82) is 0 Å². The van der Waals surface area contributed by atoms with E-state index in [1.807, 2.05) is 45.0 Å². The van der Waals surface area contributed by atoms with E-state index in [9.17, 15) is 4.79 Å². The third-order valence-electron chi connectivity index (χ3n) is 3.82. The average Bonchev–Trinajstić information content (AvgIpc) is 2.47. The minimum atomic E-state index is -0.467. The van der Waals surface area contributed by atoms with Crippen molar-refractivity contribution < 1.29 is 9.53 Å². The molecule has 0 aromatic heterocycles. The van der Waals surface area contributed by atoms with Crippen LogP contribution in [0.25, 0.3) is 0 Å². The molecule has 0 aliphatic heterocycles.